The average molecular weight is 270 g/mol. The van der Waals surface area contributed by atoms with Crippen LogP contribution in [0, 0.1) is 6.92 Å². The lowest BCUT2D eigenvalue weighted by molar-refractivity contribution is 0.477. The number of nitrogens with zero attached hydrogens (tertiary/aromatic N) is 3. The van der Waals surface area contributed by atoms with Crippen LogP contribution in [-0.4, -0.2) is 20.8 Å². The number of aromatic nitrogens is 3. The quantitative estimate of drug-likeness (QED) is 0.854. The van der Waals surface area contributed by atoms with E-state index >= 15 is 0 Å². The SMILES string of the molecule is Cc1nnc(C2CCCCCC2N)n1-c1ccccc1. The lowest BCUT2D eigenvalue weighted by Crippen LogP contribution is -2.29. The molecular weight excluding hydrogens is 248 g/mol. The standard InChI is InChI=1S/C16H22N4/c1-12-18-19-16(14-10-6-3-7-11-15(14)17)20(12)13-8-4-2-5-9-13/h2,4-5,8-9,14-15H,3,6-7,10-11,17H2,1H3. The highest BCUT2D eigenvalue weighted by Crippen LogP contribution is 2.31. The van der Waals surface area contributed by atoms with Crippen molar-refractivity contribution in [3.63, 3.8) is 0 Å². The van der Waals surface area contributed by atoms with Crippen LogP contribution in [0.4, 0.5) is 0 Å². The van der Waals surface area contributed by atoms with Crippen molar-refractivity contribution in [2.45, 2.75) is 51.0 Å². The number of benzene rings is 1. The number of para-hydroxylation sites is 1. The van der Waals surface area contributed by atoms with Gasteiger partial charge in [-0.1, -0.05) is 37.5 Å². The molecule has 2 atom stereocenters. The zero-order valence-corrected chi connectivity index (χ0v) is 12.0. The van der Waals surface area contributed by atoms with Crippen molar-refractivity contribution in [1.29, 1.82) is 0 Å². The fourth-order valence-electron chi connectivity index (χ4n) is 3.17. The summed E-state index contributed by atoms with van der Waals surface area (Å²) in [6.45, 7) is 2.01. The predicted molar refractivity (Wildman–Crippen MR) is 79.9 cm³/mol. The summed E-state index contributed by atoms with van der Waals surface area (Å²) in [7, 11) is 0. The van der Waals surface area contributed by atoms with Gasteiger partial charge in [0.1, 0.15) is 11.6 Å². The van der Waals surface area contributed by atoms with E-state index in [4.69, 9.17) is 5.73 Å². The second kappa shape index (κ2) is 5.75. The molecule has 4 heteroatoms. The molecule has 2 aromatic rings. The molecular formula is C16H22N4. The molecule has 106 valence electrons. The molecule has 4 nitrogen and oxygen atoms in total. The van der Waals surface area contributed by atoms with E-state index in [9.17, 15) is 0 Å². The van der Waals surface area contributed by atoms with Gasteiger partial charge in [0, 0.05) is 17.6 Å². The Morgan fingerprint density at radius 1 is 1.05 bits per heavy atom. The monoisotopic (exact) mass is 270 g/mol. The van der Waals surface area contributed by atoms with Crippen LogP contribution in [0.15, 0.2) is 30.3 Å². The van der Waals surface area contributed by atoms with Gasteiger partial charge in [-0.3, -0.25) is 4.57 Å². The predicted octanol–water partition coefficient (Wildman–Crippen LogP) is 2.95. The van der Waals surface area contributed by atoms with Gasteiger partial charge in [-0.25, -0.2) is 0 Å². The van der Waals surface area contributed by atoms with Gasteiger partial charge < -0.3 is 5.73 Å². The third-order valence-electron chi connectivity index (χ3n) is 4.27. The van der Waals surface area contributed by atoms with E-state index in [0.717, 1.165) is 30.2 Å². The Bertz CT molecular complexity index is 561. The number of rotatable bonds is 2. The number of hydrogen-bond donors (Lipinski definition) is 1. The largest absolute Gasteiger partial charge is 0.327 e. The molecule has 0 bridgehead atoms. The van der Waals surface area contributed by atoms with E-state index in [0.29, 0.717) is 5.92 Å². The summed E-state index contributed by atoms with van der Waals surface area (Å²) in [6, 6.07) is 10.5. The van der Waals surface area contributed by atoms with Crippen molar-refractivity contribution in [2.24, 2.45) is 5.73 Å². The molecule has 0 radical (unpaired) electrons. The zero-order chi connectivity index (χ0) is 13.9. The molecule has 20 heavy (non-hydrogen) atoms. The third-order valence-corrected chi connectivity index (χ3v) is 4.27. The lowest BCUT2D eigenvalue weighted by atomic mass is 9.94. The second-order valence-corrected chi connectivity index (χ2v) is 5.68. The van der Waals surface area contributed by atoms with Crippen molar-refractivity contribution in [2.75, 3.05) is 0 Å². The normalized spacial score (nSPS) is 23.5. The summed E-state index contributed by atoms with van der Waals surface area (Å²) in [6.07, 6.45) is 5.95. The third kappa shape index (κ3) is 2.48. The van der Waals surface area contributed by atoms with Crippen LogP contribution >= 0.6 is 0 Å². The molecule has 1 heterocycles. The van der Waals surface area contributed by atoms with Gasteiger partial charge in [-0.15, -0.1) is 10.2 Å². The van der Waals surface area contributed by atoms with Crippen LogP contribution in [0.2, 0.25) is 0 Å². The summed E-state index contributed by atoms with van der Waals surface area (Å²) < 4.78 is 2.16. The summed E-state index contributed by atoms with van der Waals surface area (Å²) in [5, 5.41) is 8.73. The Hall–Kier alpha value is -1.68. The first-order chi connectivity index (χ1) is 9.77. The molecule has 1 aliphatic carbocycles. The van der Waals surface area contributed by atoms with Crippen LogP contribution in [0.3, 0.4) is 0 Å². The number of aryl methyl sites for hydroxylation is 1. The van der Waals surface area contributed by atoms with Crippen molar-refractivity contribution < 1.29 is 0 Å². The Balaban J connectivity index is 2.02. The Labute approximate surface area is 120 Å². The molecule has 2 N–H and O–H groups in total. The van der Waals surface area contributed by atoms with Crippen LogP contribution in [0.5, 0.6) is 0 Å². The Morgan fingerprint density at radius 3 is 2.60 bits per heavy atom. The minimum Gasteiger partial charge on any atom is -0.327 e. The van der Waals surface area contributed by atoms with E-state index in [1.807, 2.05) is 25.1 Å². The highest BCUT2D eigenvalue weighted by molar-refractivity contribution is 5.34. The van der Waals surface area contributed by atoms with Crippen molar-refractivity contribution in [3.8, 4) is 5.69 Å². The van der Waals surface area contributed by atoms with Crippen molar-refractivity contribution in [1.82, 2.24) is 14.8 Å². The Morgan fingerprint density at radius 2 is 1.80 bits per heavy atom. The molecule has 3 rings (SSSR count). The first kappa shape index (κ1) is 13.3. The van der Waals surface area contributed by atoms with Crippen LogP contribution in [0.1, 0.15) is 49.7 Å². The minimum atomic E-state index is 0.198. The van der Waals surface area contributed by atoms with E-state index in [-0.39, 0.29) is 6.04 Å². The highest BCUT2D eigenvalue weighted by atomic mass is 15.3. The molecule has 0 amide bonds. The maximum absolute atomic E-state index is 6.39. The fraction of sp³-hybridized carbons (Fsp3) is 0.500. The lowest BCUT2D eigenvalue weighted by Gasteiger charge is -2.21. The van der Waals surface area contributed by atoms with E-state index in [2.05, 4.69) is 26.9 Å². The van der Waals surface area contributed by atoms with Gasteiger partial charge in [0.05, 0.1) is 0 Å². The van der Waals surface area contributed by atoms with Gasteiger partial charge in [0.25, 0.3) is 0 Å². The smallest absolute Gasteiger partial charge is 0.142 e. The van der Waals surface area contributed by atoms with Crippen molar-refractivity contribution in [3.05, 3.63) is 42.0 Å². The molecule has 1 aromatic carbocycles. The maximum Gasteiger partial charge on any atom is 0.142 e. The zero-order valence-electron chi connectivity index (χ0n) is 12.0. The van der Waals surface area contributed by atoms with Crippen LogP contribution in [-0.2, 0) is 0 Å². The summed E-state index contributed by atoms with van der Waals surface area (Å²) >= 11 is 0. The van der Waals surface area contributed by atoms with E-state index < -0.39 is 0 Å². The summed E-state index contributed by atoms with van der Waals surface area (Å²) in [5.74, 6) is 2.28. The average Bonchev–Trinajstić information content (AvgIpc) is 2.71. The van der Waals surface area contributed by atoms with E-state index in [1.54, 1.807) is 0 Å². The fourth-order valence-corrected chi connectivity index (χ4v) is 3.17. The van der Waals surface area contributed by atoms with Gasteiger partial charge >= 0.3 is 0 Å². The van der Waals surface area contributed by atoms with Crippen LogP contribution in [0.25, 0.3) is 5.69 Å². The number of hydrogen-bond acceptors (Lipinski definition) is 3. The van der Waals surface area contributed by atoms with Gasteiger partial charge in [-0.05, 0) is 31.9 Å². The number of nitrogens with two attached hydrogens (primary N) is 1. The molecule has 0 aliphatic heterocycles. The molecule has 2 unspecified atom stereocenters. The molecule has 0 spiro atoms. The highest BCUT2D eigenvalue weighted by Gasteiger charge is 2.27. The topological polar surface area (TPSA) is 56.7 Å². The van der Waals surface area contributed by atoms with Gasteiger partial charge in [0.15, 0.2) is 0 Å². The first-order valence-corrected chi connectivity index (χ1v) is 7.50. The molecule has 1 saturated carbocycles. The molecule has 0 saturated heterocycles. The molecule has 1 aromatic heterocycles. The molecule has 1 fully saturated rings. The second-order valence-electron chi connectivity index (χ2n) is 5.68. The first-order valence-electron chi connectivity index (χ1n) is 7.50. The van der Waals surface area contributed by atoms with Gasteiger partial charge in [-0.2, -0.15) is 0 Å². The van der Waals surface area contributed by atoms with Gasteiger partial charge in [0.2, 0.25) is 0 Å². The summed E-state index contributed by atoms with van der Waals surface area (Å²) in [5.41, 5.74) is 7.51. The minimum absolute atomic E-state index is 0.198. The maximum atomic E-state index is 6.39. The van der Waals surface area contributed by atoms with Crippen LogP contribution < -0.4 is 5.73 Å². The van der Waals surface area contributed by atoms with Crippen molar-refractivity contribution >= 4 is 0 Å². The Kier molecular flexibility index (Phi) is 3.83. The molecule has 1 aliphatic rings. The summed E-state index contributed by atoms with van der Waals surface area (Å²) in [4.78, 5) is 0. The van der Waals surface area contributed by atoms with E-state index in [1.165, 1.54) is 19.3 Å².